The van der Waals surface area contributed by atoms with Gasteiger partial charge in [-0.2, -0.15) is 0 Å². The number of aromatic nitrogens is 1. The Morgan fingerprint density at radius 3 is 2.85 bits per heavy atom. The largest absolute Gasteiger partial charge is 0.443 e. The van der Waals surface area contributed by atoms with Crippen molar-refractivity contribution in [2.75, 3.05) is 11.4 Å². The number of hydrogen-bond donors (Lipinski definition) is 1. The SMILES string of the molecule is CC(C(N)=O)C1CN(c2ccc(-c3ccc(N=[N+]=[N-])nc3)c(F)c2)C(=O)O1. The number of carbonyl (C=O) groups is 2. The van der Waals surface area contributed by atoms with Crippen molar-refractivity contribution in [2.24, 2.45) is 16.8 Å². The predicted octanol–water partition coefficient (Wildman–Crippen LogP) is 3.28. The average Bonchev–Trinajstić information content (AvgIpc) is 3.03. The van der Waals surface area contributed by atoms with Gasteiger partial charge in [0, 0.05) is 22.2 Å². The van der Waals surface area contributed by atoms with Crippen LogP contribution in [0.25, 0.3) is 21.6 Å². The zero-order valence-corrected chi connectivity index (χ0v) is 14.2. The van der Waals surface area contributed by atoms with E-state index in [2.05, 4.69) is 15.0 Å². The van der Waals surface area contributed by atoms with E-state index in [1.54, 1.807) is 19.1 Å². The molecule has 2 atom stereocenters. The summed E-state index contributed by atoms with van der Waals surface area (Å²) in [5.41, 5.74) is 14.7. The Hall–Kier alpha value is -3.65. The summed E-state index contributed by atoms with van der Waals surface area (Å²) in [6.07, 6.45) is 0.0346. The van der Waals surface area contributed by atoms with Gasteiger partial charge in [0.1, 0.15) is 17.7 Å². The van der Waals surface area contributed by atoms with Gasteiger partial charge in [0.05, 0.1) is 18.2 Å². The van der Waals surface area contributed by atoms with Crippen molar-refractivity contribution < 1.29 is 18.7 Å². The van der Waals surface area contributed by atoms with Crippen LogP contribution in [-0.4, -0.2) is 29.6 Å². The van der Waals surface area contributed by atoms with Crippen LogP contribution in [0, 0.1) is 11.7 Å². The number of hydrogen-bond acceptors (Lipinski definition) is 5. The molecular weight excluding hydrogens is 355 g/mol. The number of anilines is 1. The molecule has 0 saturated carbocycles. The summed E-state index contributed by atoms with van der Waals surface area (Å²) in [5, 5.41) is 3.36. The molecule has 1 aromatic carbocycles. The number of pyridine rings is 1. The molecule has 2 aromatic rings. The van der Waals surface area contributed by atoms with Crippen LogP contribution in [0.1, 0.15) is 6.92 Å². The van der Waals surface area contributed by atoms with Gasteiger partial charge >= 0.3 is 6.09 Å². The molecule has 1 fully saturated rings. The second kappa shape index (κ2) is 7.30. The first-order valence-corrected chi connectivity index (χ1v) is 7.99. The third-order valence-corrected chi connectivity index (χ3v) is 4.31. The fourth-order valence-electron chi connectivity index (χ4n) is 2.70. The lowest BCUT2D eigenvalue weighted by Crippen LogP contribution is -2.34. The number of halogens is 1. The van der Waals surface area contributed by atoms with Gasteiger partial charge in [-0.15, -0.1) is 0 Å². The minimum absolute atomic E-state index is 0.101. The minimum atomic E-state index is -0.685. The van der Waals surface area contributed by atoms with E-state index in [9.17, 15) is 14.0 Å². The Morgan fingerprint density at radius 2 is 2.26 bits per heavy atom. The number of nitrogens with two attached hydrogens (primary N) is 1. The zero-order valence-electron chi connectivity index (χ0n) is 14.2. The number of rotatable bonds is 5. The van der Waals surface area contributed by atoms with Crippen LogP contribution in [-0.2, 0) is 9.53 Å². The van der Waals surface area contributed by atoms with Crippen LogP contribution >= 0.6 is 0 Å². The van der Waals surface area contributed by atoms with Crippen molar-refractivity contribution in [2.45, 2.75) is 13.0 Å². The van der Waals surface area contributed by atoms with Gasteiger partial charge in [0.2, 0.25) is 5.91 Å². The van der Waals surface area contributed by atoms with Crippen molar-refractivity contribution in [1.29, 1.82) is 0 Å². The molecule has 1 saturated heterocycles. The Kier molecular flexibility index (Phi) is 4.91. The molecular formula is C17H15FN6O3. The third kappa shape index (κ3) is 3.65. The summed E-state index contributed by atoms with van der Waals surface area (Å²) in [5.74, 6) is -1.62. The number of azide groups is 1. The van der Waals surface area contributed by atoms with Crippen LogP contribution in [0.15, 0.2) is 41.6 Å². The van der Waals surface area contributed by atoms with Crippen molar-refractivity contribution in [1.82, 2.24) is 4.98 Å². The monoisotopic (exact) mass is 370 g/mol. The van der Waals surface area contributed by atoms with E-state index in [-0.39, 0.29) is 17.9 Å². The standard InChI is InChI=1S/C17H15FN6O3/c1-9(16(19)25)14-8-24(17(26)27-14)11-3-4-12(13(18)6-11)10-2-5-15(21-7-10)22-23-20/h2-7,9,14H,8H2,1H3,(H2,19,25). The van der Waals surface area contributed by atoms with Crippen LogP contribution in [0.4, 0.5) is 20.7 Å². The number of nitrogens with zero attached hydrogens (tertiary/aromatic N) is 5. The molecule has 0 bridgehead atoms. The first kappa shape index (κ1) is 18.2. The van der Waals surface area contributed by atoms with E-state index in [0.29, 0.717) is 11.3 Å². The lowest BCUT2D eigenvalue weighted by molar-refractivity contribution is -0.123. The van der Waals surface area contributed by atoms with Crippen molar-refractivity contribution in [3.8, 4) is 11.1 Å². The lowest BCUT2D eigenvalue weighted by Gasteiger charge is -2.15. The Bertz CT molecular complexity index is 942. The number of ether oxygens (including phenoxy) is 1. The summed E-state index contributed by atoms with van der Waals surface area (Å²) in [7, 11) is 0. The number of primary amides is 1. The molecule has 2 amide bonds. The van der Waals surface area contributed by atoms with Crippen molar-refractivity contribution >= 4 is 23.5 Å². The molecule has 10 heteroatoms. The van der Waals surface area contributed by atoms with E-state index in [0.717, 1.165) is 0 Å². The van der Waals surface area contributed by atoms with Crippen LogP contribution < -0.4 is 10.6 Å². The van der Waals surface area contributed by atoms with Gasteiger partial charge in [-0.1, -0.05) is 6.07 Å². The minimum Gasteiger partial charge on any atom is -0.443 e. The number of carbonyl (C=O) groups excluding carboxylic acids is 2. The summed E-state index contributed by atoms with van der Waals surface area (Å²) in [4.78, 5) is 31.1. The van der Waals surface area contributed by atoms with E-state index < -0.39 is 29.8 Å². The Morgan fingerprint density at radius 1 is 1.48 bits per heavy atom. The van der Waals surface area contributed by atoms with Gasteiger partial charge < -0.3 is 10.5 Å². The molecule has 9 nitrogen and oxygen atoms in total. The van der Waals surface area contributed by atoms with E-state index in [1.807, 2.05) is 0 Å². The molecule has 0 aliphatic carbocycles. The van der Waals surface area contributed by atoms with E-state index in [4.69, 9.17) is 16.0 Å². The van der Waals surface area contributed by atoms with E-state index >= 15 is 0 Å². The summed E-state index contributed by atoms with van der Waals surface area (Å²) in [6.45, 7) is 1.67. The van der Waals surface area contributed by atoms with Crippen molar-refractivity contribution in [3.63, 3.8) is 0 Å². The molecule has 27 heavy (non-hydrogen) atoms. The van der Waals surface area contributed by atoms with Crippen LogP contribution in [0.3, 0.4) is 0 Å². The highest BCUT2D eigenvalue weighted by atomic mass is 19.1. The maximum Gasteiger partial charge on any atom is 0.414 e. The highest BCUT2D eigenvalue weighted by Gasteiger charge is 2.37. The van der Waals surface area contributed by atoms with Crippen LogP contribution in [0.2, 0.25) is 0 Å². The highest BCUT2D eigenvalue weighted by molar-refractivity contribution is 5.91. The summed E-state index contributed by atoms with van der Waals surface area (Å²) >= 11 is 0. The Labute approximate surface area is 153 Å². The fraction of sp³-hybridized carbons (Fsp3) is 0.235. The third-order valence-electron chi connectivity index (χ3n) is 4.31. The smallest absolute Gasteiger partial charge is 0.414 e. The molecule has 0 radical (unpaired) electrons. The molecule has 2 unspecified atom stereocenters. The molecule has 3 rings (SSSR count). The lowest BCUT2D eigenvalue weighted by atomic mass is 10.0. The normalized spacial score (nSPS) is 17.2. The number of amides is 2. The van der Waals surface area contributed by atoms with Gasteiger partial charge in [-0.05, 0) is 41.8 Å². The number of cyclic esters (lactones) is 1. The summed E-state index contributed by atoms with van der Waals surface area (Å²) < 4.78 is 19.7. The molecule has 138 valence electrons. The maximum absolute atomic E-state index is 14.6. The zero-order chi connectivity index (χ0) is 19.6. The molecule has 2 heterocycles. The van der Waals surface area contributed by atoms with Crippen molar-refractivity contribution in [3.05, 3.63) is 52.8 Å². The van der Waals surface area contributed by atoms with Gasteiger partial charge in [0.25, 0.3) is 0 Å². The quantitative estimate of drug-likeness (QED) is 0.491. The van der Waals surface area contributed by atoms with Gasteiger partial charge in [-0.25, -0.2) is 9.18 Å². The average molecular weight is 370 g/mol. The highest BCUT2D eigenvalue weighted by Crippen LogP contribution is 2.30. The molecule has 1 aromatic heterocycles. The van der Waals surface area contributed by atoms with E-state index in [1.165, 1.54) is 29.3 Å². The first-order chi connectivity index (χ1) is 12.9. The fourth-order valence-corrected chi connectivity index (χ4v) is 2.70. The topological polar surface area (TPSA) is 134 Å². The maximum atomic E-state index is 14.6. The van der Waals surface area contributed by atoms with Gasteiger partial charge in [-0.3, -0.25) is 14.7 Å². The predicted molar refractivity (Wildman–Crippen MR) is 94.4 cm³/mol. The second-order valence-corrected chi connectivity index (χ2v) is 5.98. The molecule has 1 aliphatic heterocycles. The van der Waals surface area contributed by atoms with Crippen LogP contribution in [0.5, 0.6) is 0 Å². The summed E-state index contributed by atoms with van der Waals surface area (Å²) in [6, 6.07) is 7.32. The molecule has 0 spiro atoms. The van der Waals surface area contributed by atoms with Gasteiger partial charge in [0.15, 0.2) is 0 Å². The Balaban J connectivity index is 1.83. The second-order valence-electron chi connectivity index (χ2n) is 5.98. The molecule has 1 aliphatic rings. The molecule has 2 N–H and O–H groups in total. The first-order valence-electron chi connectivity index (χ1n) is 7.99. The number of benzene rings is 1.